The normalized spacial score (nSPS) is 10.5. The second-order valence-corrected chi connectivity index (χ2v) is 10.6. The van der Waals surface area contributed by atoms with E-state index in [1.54, 1.807) is 0 Å². The number of fused-ring (bicyclic) bond motifs is 6. The minimum atomic E-state index is -0.226. The Morgan fingerprint density at radius 1 is 0.472 bits per heavy atom. The predicted octanol–water partition coefficient (Wildman–Crippen LogP) is 5.18. The summed E-state index contributed by atoms with van der Waals surface area (Å²) in [7, 11) is 9.67. The summed E-state index contributed by atoms with van der Waals surface area (Å²) < 4.78 is 0. The van der Waals surface area contributed by atoms with Gasteiger partial charge in [0, 0.05) is 46.3 Å². The summed E-state index contributed by atoms with van der Waals surface area (Å²) >= 11 is -0.226. The Morgan fingerprint density at radius 3 is 0.861 bits per heavy atom. The number of halogens is 3. The van der Waals surface area contributed by atoms with E-state index in [0.29, 0.717) is 0 Å². The number of hydrogen-bond donors (Lipinski definition) is 0. The molecule has 4 heterocycles. The third-order valence-corrected chi connectivity index (χ3v) is 6.42. The molecule has 0 spiro atoms. The van der Waals surface area contributed by atoms with Gasteiger partial charge >= 0.3 is 34.5 Å². The standard InChI is InChI=1S/2C14H12N2.3ClH.Rh/c2*1-9-10(2)12-6-4-8-16-14(12)13-11(9)5-3-7-15-13;;;;/h2*3-8H,1-2H3;3*1H;/q;;;;;+3/p-3. The number of nitrogens with zero attached hydrogens (tertiary/aromatic N) is 4. The fourth-order valence-electron chi connectivity index (χ4n) is 4.39. The zero-order valence-corrected chi connectivity index (χ0v) is 24.1. The van der Waals surface area contributed by atoms with Crippen LogP contribution in [-0.2, 0) is 15.1 Å². The Kier molecular flexibility index (Phi) is 9.93. The van der Waals surface area contributed by atoms with Crippen molar-refractivity contribution in [1.29, 1.82) is 0 Å². The first-order valence-electron chi connectivity index (χ1n) is 11.0. The van der Waals surface area contributed by atoms with Crippen molar-refractivity contribution >= 4 is 63.0 Å². The number of hydrogen-bond acceptors (Lipinski definition) is 4. The van der Waals surface area contributed by atoms with E-state index in [2.05, 4.69) is 71.9 Å². The van der Waals surface area contributed by atoms with Gasteiger partial charge in [0.15, 0.2) is 0 Å². The molecule has 0 bridgehead atoms. The number of benzene rings is 2. The van der Waals surface area contributed by atoms with Crippen molar-refractivity contribution in [1.82, 2.24) is 19.9 Å². The quantitative estimate of drug-likeness (QED) is 0.173. The van der Waals surface area contributed by atoms with Crippen molar-refractivity contribution in [3.05, 3.63) is 95.6 Å². The van der Waals surface area contributed by atoms with Gasteiger partial charge in [-0.05, 0) is 74.2 Å². The molecule has 0 fully saturated rings. The van der Waals surface area contributed by atoms with Crippen molar-refractivity contribution in [3.8, 4) is 0 Å². The van der Waals surface area contributed by atoms with Crippen LogP contribution in [0.5, 0.6) is 0 Å². The molecule has 8 heteroatoms. The van der Waals surface area contributed by atoms with Crippen molar-refractivity contribution in [2.24, 2.45) is 0 Å². The van der Waals surface area contributed by atoms with Crippen LogP contribution in [0.25, 0.3) is 43.6 Å². The Labute approximate surface area is 232 Å². The van der Waals surface area contributed by atoms with Crippen LogP contribution in [0.2, 0.25) is 0 Å². The van der Waals surface area contributed by atoms with E-state index >= 15 is 0 Å². The van der Waals surface area contributed by atoms with Gasteiger partial charge in [-0.25, -0.2) is 0 Å². The maximum atomic E-state index is 4.83. The van der Waals surface area contributed by atoms with Crippen LogP contribution in [0.3, 0.4) is 0 Å². The molecule has 0 saturated heterocycles. The summed E-state index contributed by atoms with van der Waals surface area (Å²) in [4.78, 5) is 17.8. The third-order valence-electron chi connectivity index (χ3n) is 6.42. The second-order valence-electron chi connectivity index (χ2n) is 8.15. The predicted molar refractivity (Wildman–Crippen MR) is 145 cm³/mol. The molecule has 0 N–H and O–H groups in total. The molecule has 2 aromatic carbocycles. The van der Waals surface area contributed by atoms with Gasteiger partial charge in [-0.15, -0.1) is 0 Å². The van der Waals surface area contributed by atoms with Crippen LogP contribution in [0.4, 0.5) is 0 Å². The van der Waals surface area contributed by atoms with Gasteiger partial charge in [-0.3, -0.25) is 19.9 Å². The number of aryl methyl sites for hydroxylation is 4. The van der Waals surface area contributed by atoms with Crippen LogP contribution in [-0.4, -0.2) is 19.9 Å². The molecule has 186 valence electrons. The van der Waals surface area contributed by atoms with Crippen molar-refractivity contribution in [2.45, 2.75) is 27.7 Å². The van der Waals surface area contributed by atoms with E-state index < -0.39 is 0 Å². The summed E-state index contributed by atoms with van der Waals surface area (Å²) in [6.45, 7) is 8.58. The zero-order valence-electron chi connectivity index (χ0n) is 20.2. The summed E-state index contributed by atoms with van der Waals surface area (Å²) in [6.07, 6.45) is 7.30. The molecule has 36 heavy (non-hydrogen) atoms. The van der Waals surface area contributed by atoms with Gasteiger partial charge in [0.1, 0.15) is 0 Å². The first-order chi connectivity index (χ1) is 17.0. The van der Waals surface area contributed by atoms with E-state index in [-0.39, 0.29) is 27.6 Å². The Balaban J connectivity index is 0.000000177. The van der Waals surface area contributed by atoms with E-state index in [1.807, 2.05) is 49.1 Å². The number of rotatable bonds is 0. The van der Waals surface area contributed by atoms with Gasteiger partial charge < -0.3 is 12.4 Å². The molecule has 6 aromatic rings. The van der Waals surface area contributed by atoms with Crippen LogP contribution in [0.1, 0.15) is 22.3 Å². The molecule has 0 aliphatic heterocycles. The molecule has 0 amide bonds. The molecule has 0 atom stereocenters. The Hall–Kier alpha value is -2.43. The molecule has 0 aliphatic rings. The average Bonchev–Trinajstić information content (AvgIpc) is 2.91. The van der Waals surface area contributed by atoms with E-state index in [1.165, 1.54) is 43.8 Å². The van der Waals surface area contributed by atoms with E-state index in [4.69, 9.17) is 19.4 Å². The molecule has 4 aromatic heterocycles. The second kappa shape index (κ2) is 12.7. The van der Waals surface area contributed by atoms with Crippen molar-refractivity contribution in [3.63, 3.8) is 0 Å². The maximum absolute atomic E-state index is 4.83. The van der Waals surface area contributed by atoms with Gasteiger partial charge in [0.25, 0.3) is 0 Å². The first-order valence-corrected chi connectivity index (χ1v) is 15.2. The topological polar surface area (TPSA) is 51.6 Å². The van der Waals surface area contributed by atoms with Crippen LogP contribution < -0.4 is 12.4 Å². The monoisotopic (exact) mass is 624 g/mol. The summed E-state index contributed by atoms with van der Waals surface area (Å²) in [6, 6.07) is 16.3. The van der Waals surface area contributed by atoms with E-state index in [9.17, 15) is 0 Å². The molecular formula is C28H24Cl3N4Rh. The molecule has 0 radical (unpaired) electrons. The number of aromatic nitrogens is 4. The first kappa shape index (κ1) is 28.1. The van der Waals surface area contributed by atoms with Gasteiger partial charge in [0.2, 0.25) is 0 Å². The fraction of sp³-hybridized carbons (Fsp3) is 0.143. The molecular weight excluding hydrogens is 602 g/mol. The molecule has 6 rings (SSSR count). The van der Waals surface area contributed by atoms with Gasteiger partial charge in [0.05, 0.1) is 22.1 Å². The molecule has 0 saturated carbocycles. The summed E-state index contributed by atoms with van der Waals surface area (Å²) in [5.74, 6) is 0. The molecule has 0 aliphatic carbocycles. The van der Waals surface area contributed by atoms with Gasteiger partial charge in [-0.2, -0.15) is 0 Å². The van der Waals surface area contributed by atoms with Crippen LogP contribution in [0.15, 0.2) is 73.3 Å². The minimum absolute atomic E-state index is 0. The van der Waals surface area contributed by atoms with Crippen molar-refractivity contribution in [2.75, 3.05) is 0 Å². The third kappa shape index (κ3) is 5.45. The fourth-order valence-corrected chi connectivity index (χ4v) is 4.39. The van der Waals surface area contributed by atoms with Crippen LogP contribution >= 0.6 is 19.4 Å². The van der Waals surface area contributed by atoms with Gasteiger partial charge in [-0.1, -0.05) is 24.3 Å². The number of pyridine rings is 4. The zero-order chi connectivity index (χ0) is 24.9. The summed E-state index contributed by atoms with van der Waals surface area (Å²) in [5, 5.41) is 4.80. The average molecular weight is 626 g/mol. The molecule has 4 nitrogen and oxygen atoms in total. The Bertz CT molecular complexity index is 1410. The Morgan fingerprint density at radius 2 is 0.667 bits per heavy atom. The van der Waals surface area contributed by atoms with Crippen molar-refractivity contribution < 1.29 is 27.6 Å². The van der Waals surface area contributed by atoms with Crippen LogP contribution in [0, 0.1) is 27.7 Å². The summed E-state index contributed by atoms with van der Waals surface area (Å²) in [5.41, 5.74) is 9.18. The molecule has 0 unspecified atom stereocenters. The van der Waals surface area contributed by atoms with E-state index in [0.717, 1.165) is 22.1 Å². The SMILES string of the molecule is Cc1c(C)c2cccnc2c2ncccc12.Cc1c(C)c2cccnc2c2ncccc12.[Cl-].[Cl][Rh+][Cl].